The van der Waals surface area contributed by atoms with Gasteiger partial charge in [-0.15, -0.1) is 0 Å². The lowest BCUT2D eigenvalue weighted by atomic mass is 10.0. The van der Waals surface area contributed by atoms with Crippen LogP contribution in [0.15, 0.2) is 76.9 Å². The third kappa shape index (κ3) is 4.18. The Bertz CT molecular complexity index is 970. The van der Waals surface area contributed by atoms with Gasteiger partial charge in [-0.05, 0) is 44.5 Å². The van der Waals surface area contributed by atoms with Crippen molar-refractivity contribution in [3.05, 3.63) is 77.0 Å². The minimum Gasteiger partial charge on any atom is -0.475 e. The first-order chi connectivity index (χ1) is 13.4. The van der Waals surface area contributed by atoms with Gasteiger partial charge < -0.3 is 9.64 Å². The molecule has 0 radical (unpaired) electrons. The maximum Gasteiger partial charge on any atom is 0.263 e. The fraction of sp³-hybridized carbons (Fsp3) is 0.217. The Labute approximate surface area is 170 Å². The van der Waals surface area contributed by atoms with Crippen LogP contribution in [0.3, 0.4) is 0 Å². The molecule has 0 spiro atoms. The van der Waals surface area contributed by atoms with E-state index in [-0.39, 0.29) is 5.91 Å². The lowest BCUT2D eigenvalue weighted by molar-refractivity contribution is -0.114. The Balaban J connectivity index is 1.95. The number of hydrogen-bond acceptors (Lipinski definition) is 3. The molecule has 1 heterocycles. The molecule has 0 bridgehead atoms. The largest absolute Gasteiger partial charge is 0.475 e. The van der Waals surface area contributed by atoms with E-state index in [0.717, 1.165) is 22.4 Å². The van der Waals surface area contributed by atoms with E-state index in [0.29, 0.717) is 35.3 Å². The molecular formula is C23H23ClN2O2. The summed E-state index contributed by atoms with van der Waals surface area (Å²) in [6, 6.07) is 15.5. The summed E-state index contributed by atoms with van der Waals surface area (Å²) in [6.45, 7) is 10.1. The normalized spacial score (nSPS) is 16.0. The summed E-state index contributed by atoms with van der Waals surface area (Å²) in [4.78, 5) is 19.3. The molecule has 1 amide bonds. The molecule has 0 aliphatic carbocycles. The topological polar surface area (TPSA) is 41.9 Å². The Hall–Kier alpha value is -2.85. The van der Waals surface area contributed by atoms with Crippen LogP contribution in [-0.2, 0) is 9.53 Å². The average molecular weight is 395 g/mol. The van der Waals surface area contributed by atoms with Crippen molar-refractivity contribution < 1.29 is 9.53 Å². The fourth-order valence-electron chi connectivity index (χ4n) is 3.09. The molecule has 3 rings (SSSR count). The summed E-state index contributed by atoms with van der Waals surface area (Å²) in [5, 5.41) is 0.696. The SMILES string of the molecule is C=C(C)N=C1OCCN(c2ccc(-c3ccccc3Cl)cc2)C(=O)C1=C(C)C. The van der Waals surface area contributed by atoms with Gasteiger partial charge in [-0.1, -0.05) is 54.1 Å². The van der Waals surface area contributed by atoms with Crippen molar-refractivity contribution in [2.45, 2.75) is 20.8 Å². The molecule has 5 heteroatoms. The van der Waals surface area contributed by atoms with E-state index in [1.807, 2.05) is 62.4 Å². The van der Waals surface area contributed by atoms with E-state index in [1.54, 1.807) is 11.8 Å². The molecular weight excluding hydrogens is 372 g/mol. The van der Waals surface area contributed by atoms with Gasteiger partial charge in [-0.2, -0.15) is 0 Å². The first kappa shape index (κ1) is 19.9. The molecule has 1 fully saturated rings. The number of carbonyl (C=O) groups is 1. The zero-order chi connectivity index (χ0) is 20.3. The molecule has 2 aromatic rings. The summed E-state index contributed by atoms with van der Waals surface area (Å²) in [7, 11) is 0. The number of ether oxygens (including phenoxy) is 1. The van der Waals surface area contributed by atoms with E-state index in [4.69, 9.17) is 16.3 Å². The predicted octanol–water partition coefficient (Wildman–Crippen LogP) is 5.64. The Kier molecular flexibility index (Phi) is 6.00. The van der Waals surface area contributed by atoms with Crippen molar-refractivity contribution in [1.82, 2.24) is 0 Å². The van der Waals surface area contributed by atoms with Crippen LogP contribution in [0.5, 0.6) is 0 Å². The summed E-state index contributed by atoms with van der Waals surface area (Å²) < 4.78 is 5.77. The van der Waals surface area contributed by atoms with Crippen molar-refractivity contribution in [2.24, 2.45) is 4.99 Å². The molecule has 28 heavy (non-hydrogen) atoms. The number of benzene rings is 2. The second-order valence-corrected chi connectivity index (χ2v) is 7.27. The van der Waals surface area contributed by atoms with Gasteiger partial charge in [0.25, 0.3) is 5.91 Å². The molecule has 144 valence electrons. The maximum absolute atomic E-state index is 13.2. The van der Waals surface area contributed by atoms with Crippen molar-refractivity contribution >= 4 is 29.1 Å². The molecule has 1 saturated heterocycles. The quantitative estimate of drug-likeness (QED) is 0.632. The summed E-state index contributed by atoms with van der Waals surface area (Å²) in [6.07, 6.45) is 0. The van der Waals surface area contributed by atoms with E-state index >= 15 is 0 Å². The van der Waals surface area contributed by atoms with Crippen LogP contribution >= 0.6 is 11.6 Å². The molecule has 2 aromatic carbocycles. The number of amides is 1. The third-order valence-corrected chi connectivity index (χ3v) is 4.71. The number of aliphatic imine (C=N–C) groups is 1. The maximum atomic E-state index is 13.2. The predicted molar refractivity (Wildman–Crippen MR) is 116 cm³/mol. The van der Waals surface area contributed by atoms with Crippen LogP contribution in [0.4, 0.5) is 5.69 Å². The van der Waals surface area contributed by atoms with Crippen molar-refractivity contribution in [1.29, 1.82) is 0 Å². The lowest BCUT2D eigenvalue weighted by Gasteiger charge is -2.21. The molecule has 1 aliphatic rings. The van der Waals surface area contributed by atoms with Gasteiger partial charge >= 0.3 is 0 Å². The molecule has 0 aromatic heterocycles. The van der Waals surface area contributed by atoms with Gasteiger partial charge in [-0.3, -0.25) is 4.79 Å². The number of carbonyl (C=O) groups excluding carboxylic acids is 1. The summed E-state index contributed by atoms with van der Waals surface area (Å²) in [5.41, 5.74) is 4.70. The smallest absolute Gasteiger partial charge is 0.263 e. The van der Waals surface area contributed by atoms with Crippen molar-refractivity contribution in [2.75, 3.05) is 18.1 Å². The standard InChI is InChI=1S/C23H23ClN2O2/c1-15(2)21-22(25-16(3)4)28-14-13-26(23(21)27)18-11-9-17(10-12-18)19-7-5-6-8-20(19)24/h5-12H,3,13-14H2,1-2,4H3. The zero-order valence-electron chi connectivity index (χ0n) is 16.3. The average Bonchev–Trinajstić information content (AvgIpc) is 2.80. The first-order valence-electron chi connectivity index (χ1n) is 9.10. The number of rotatable bonds is 3. The monoisotopic (exact) mass is 394 g/mol. The minimum absolute atomic E-state index is 0.122. The third-order valence-electron chi connectivity index (χ3n) is 4.38. The first-order valence-corrected chi connectivity index (χ1v) is 9.48. The van der Waals surface area contributed by atoms with Crippen molar-refractivity contribution in [3.63, 3.8) is 0 Å². The second-order valence-electron chi connectivity index (χ2n) is 6.86. The van der Waals surface area contributed by atoms with Gasteiger partial charge in [-0.25, -0.2) is 4.99 Å². The number of anilines is 1. The molecule has 1 aliphatic heterocycles. The van der Waals surface area contributed by atoms with E-state index < -0.39 is 0 Å². The van der Waals surface area contributed by atoms with Crippen LogP contribution < -0.4 is 4.90 Å². The van der Waals surface area contributed by atoms with Gasteiger partial charge in [0.1, 0.15) is 12.2 Å². The highest BCUT2D eigenvalue weighted by Crippen LogP contribution is 2.30. The van der Waals surface area contributed by atoms with Crippen LogP contribution in [0, 0.1) is 0 Å². The molecule has 0 N–H and O–H groups in total. The van der Waals surface area contributed by atoms with E-state index in [2.05, 4.69) is 11.6 Å². The van der Waals surface area contributed by atoms with Gasteiger partial charge in [0.15, 0.2) is 0 Å². The highest BCUT2D eigenvalue weighted by Gasteiger charge is 2.29. The van der Waals surface area contributed by atoms with Gasteiger partial charge in [0.2, 0.25) is 5.90 Å². The van der Waals surface area contributed by atoms with E-state index in [1.165, 1.54) is 0 Å². The summed E-state index contributed by atoms with van der Waals surface area (Å²) in [5.74, 6) is 0.218. The van der Waals surface area contributed by atoms with Gasteiger partial charge in [0, 0.05) is 22.0 Å². The molecule has 4 nitrogen and oxygen atoms in total. The van der Waals surface area contributed by atoms with Crippen molar-refractivity contribution in [3.8, 4) is 11.1 Å². The van der Waals surface area contributed by atoms with Crippen LogP contribution in [-0.4, -0.2) is 25.0 Å². The highest BCUT2D eigenvalue weighted by molar-refractivity contribution is 6.33. The van der Waals surface area contributed by atoms with Crippen LogP contribution in [0.25, 0.3) is 11.1 Å². The number of hydrogen-bond donors (Lipinski definition) is 0. The molecule has 0 saturated carbocycles. The summed E-state index contributed by atoms with van der Waals surface area (Å²) >= 11 is 6.30. The molecule has 0 unspecified atom stereocenters. The Morgan fingerprint density at radius 1 is 1.11 bits per heavy atom. The van der Waals surface area contributed by atoms with E-state index in [9.17, 15) is 4.79 Å². The van der Waals surface area contributed by atoms with Crippen LogP contribution in [0.2, 0.25) is 5.02 Å². The lowest BCUT2D eigenvalue weighted by Crippen LogP contribution is -2.33. The number of halogens is 1. The highest BCUT2D eigenvalue weighted by atomic mass is 35.5. The minimum atomic E-state index is -0.122. The Morgan fingerprint density at radius 3 is 2.39 bits per heavy atom. The number of allylic oxidation sites excluding steroid dienone is 2. The number of nitrogens with zero attached hydrogens (tertiary/aromatic N) is 2. The fourth-order valence-corrected chi connectivity index (χ4v) is 3.33. The zero-order valence-corrected chi connectivity index (χ0v) is 17.1. The molecule has 0 atom stereocenters. The second kappa shape index (κ2) is 8.44. The van der Waals surface area contributed by atoms with Crippen LogP contribution in [0.1, 0.15) is 20.8 Å². The van der Waals surface area contributed by atoms with Gasteiger partial charge in [0.05, 0.1) is 6.54 Å². The Morgan fingerprint density at radius 2 is 1.79 bits per heavy atom.